The van der Waals surface area contributed by atoms with E-state index in [0.29, 0.717) is 0 Å². The fourth-order valence-corrected chi connectivity index (χ4v) is 3.39. The fraction of sp³-hybridized carbons (Fsp3) is 1.00. The van der Waals surface area contributed by atoms with E-state index in [1.165, 1.54) is 32.1 Å². The van der Waals surface area contributed by atoms with Gasteiger partial charge in [0.15, 0.2) is 0 Å². The molecule has 2 heteroatoms. The van der Waals surface area contributed by atoms with Gasteiger partial charge in [0.1, 0.15) is 0 Å². The molecule has 94 valence electrons. The number of morpholine rings is 1. The molecule has 2 aliphatic rings. The first-order valence-electron chi connectivity index (χ1n) is 7.02. The molecule has 1 N–H and O–H groups in total. The van der Waals surface area contributed by atoms with Gasteiger partial charge in [-0.15, -0.1) is 0 Å². The maximum Gasteiger partial charge on any atom is 0.0817 e. The average molecular weight is 225 g/mol. The van der Waals surface area contributed by atoms with Crippen molar-refractivity contribution in [3.05, 3.63) is 0 Å². The molecule has 0 amide bonds. The molecule has 2 fully saturated rings. The minimum Gasteiger partial charge on any atom is -0.366 e. The molecule has 16 heavy (non-hydrogen) atoms. The quantitative estimate of drug-likeness (QED) is 0.779. The van der Waals surface area contributed by atoms with Gasteiger partial charge in [-0.05, 0) is 32.1 Å². The third-order valence-electron chi connectivity index (χ3n) is 4.64. The second-order valence-corrected chi connectivity index (χ2v) is 6.06. The molecule has 1 saturated heterocycles. The van der Waals surface area contributed by atoms with E-state index < -0.39 is 0 Å². The highest BCUT2D eigenvalue weighted by Gasteiger charge is 2.44. The first-order valence-corrected chi connectivity index (χ1v) is 7.02. The van der Waals surface area contributed by atoms with Crippen molar-refractivity contribution in [2.24, 2.45) is 5.92 Å². The van der Waals surface area contributed by atoms with Gasteiger partial charge in [-0.25, -0.2) is 0 Å². The summed E-state index contributed by atoms with van der Waals surface area (Å²) in [5.41, 5.74) is 0.218. The average Bonchev–Trinajstić information content (AvgIpc) is 2.29. The minimum absolute atomic E-state index is 0.0634. The van der Waals surface area contributed by atoms with Crippen molar-refractivity contribution >= 4 is 0 Å². The summed E-state index contributed by atoms with van der Waals surface area (Å²) in [7, 11) is 0. The van der Waals surface area contributed by atoms with Gasteiger partial charge in [0.2, 0.25) is 0 Å². The Kier molecular flexibility index (Phi) is 3.60. The molecule has 0 aromatic heterocycles. The van der Waals surface area contributed by atoms with Crippen molar-refractivity contribution in [3.63, 3.8) is 0 Å². The molecule has 1 saturated carbocycles. The van der Waals surface area contributed by atoms with Gasteiger partial charge >= 0.3 is 0 Å². The van der Waals surface area contributed by atoms with Crippen LogP contribution in [0.15, 0.2) is 0 Å². The SMILES string of the molecule is CCC1CCCC2(CNCC(C)(CC)O2)C1. The molecule has 0 radical (unpaired) electrons. The second kappa shape index (κ2) is 4.66. The van der Waals surface area contributed by atoms with E-state index in [2.05, 4.69) is 26.1 Å². The van der Waals surface area contributed by atoms with Gasteiger partial charge in [-0.3, -0.25) is 0 Å². The van der Waals surface area contributed by atoms with Crippen molar-refractivity contribution in [2.75, 3.05) is 13.1 Å². The highest BCUT2D eigenvalue weighted by Crippen LogP contribution is 2.41. The number of ether oxygens (including phenoxy) is 1. The summed E-state index contributed by atoms with van der Waals surface area (Å²) in [5.74, 6) is 0.884. The molecule has 0 aromatic carbocycles. The van der Waals surface area contributed by atoms with E-state index in [1.54, 1.807) is 0 Å². The van der Waals surface area contributed by atoms with Crippen molar-refractivity contribution < 1.29 is 4.74 Å². The maximum absolute atomic E-state index is 6.52. The lowest BCUT2D eigenvalue weighted by Gasteiger charge is -2.50. The molecule has 0 aromatic rings. The van der Waals surface area contributed by atoms with Crippen molar-refractivity contribution in [3.8, 4) is 0 Å². The lowest BCUT2D eigenvalue weighted by atomic mass is 9.75. The molecule has 2 rings (SSSR count). The third kappa shape index (κ3) is 2.43. The number of hydrogen-bond donors (Lipinski definition) is 1. The number of nitrogens with one attached hydrogen (secondary N) is 1. The zero-order valence-electron chi connectivity index (χ0n) is 11.1. The lowest BCUT2D eigenvalue weighted by molar-refractivity contribution is -0.191. The Balaban J connectivity index is 2.06. The van der Waals surface area contributed by atoms with E-state index >= 15 is 0 Å². The zero-order valence-corrected chi connectivity index (χ0v) is 11.1. The number of rotatable bonds is 2. The Morgan fingerprint density at radius 1 is 1.31 bits per heavy atom. The van der Waals surface area contributed by atoms with Gasteiger partial charge in [0, 0.05) is 13.1 Å². The van der Waals surface area contributed by atoms with Crippen molar-refractivity contribution in [2.45, 2.75) is 70.5 Å². The van der Waals surface area contributed by atoms with Crippen molar-refractivity contribution in [1.29, 1.82) is 0 Å². The highest BCUT2D eigenvalue weighted by atomic mass is 16.5. The van der Waals surface area contributed by atoms with Crippen LogP contribution in [0.4, 0.5) is 0 Å². The Morgan fingerprint density at radius 2 is 2.12 bits per heavy atom. The van der Waals surface area contributed by atoms with E-state index in [0.717, 1.165) is 25.4 Å². The standard InChI is InChI=1S/C14H27NO/c1-4-12-7-6-8-14(9-12)11-15-10-13(3,5-2)16-14/h12,15H,4-11H2,1-3H3. The molecule has 3 atom stereocenters. The van der Waals surface area contributed by atoms with E-state index in [1.807, 2.05) is 0 Å². The largest absolute Gasteiger partial charge is 0.366 e. The van der Waals surface area contributed by atoms with Crippen LogP contribution in [0.5, 0.6) is 0 Å². The van der Waals surface area contributed by atoms with Crippen LogP contribution in [0.3, 0.4) is 0 Å². The Morgan fingerprint density at radius 3 is 2.81 bits per heavy atom. The molecule has 2 nitrogen and oxygen atoms in total. The van der Waals surface area contributed by atoms with Gasteiger partial charge in [-0.1, -0.05) is 33.1 Å². The normalized spacial score (nSPS) is 44.8. The van der Waals surface area contributed by atoms with Crippen LogP contribution in [-0.4, -0.2) is 24.3 Å². The van der Waals surface area contributed by atoms with Crippen LogP contribution >= 0.6 is 0 Å². The first kappa shape index (κ1) is 12.4. The van der Waals surface area contributed by atoms with Crippen LogP contribution < -0.4 is 5.32 Å². The van der Waals surface area contributed by atoms with Crippen molar-refractivity contribution in [1.82, 2.24) is 5.32 Å². The summed E-state index contributed by atoms with van der Waals surface area (Å²) in [6.45, 7) is 8.90. The van der Waals surface area contributed by atoms with Gasteiger partial charge in [0.25, 0.3) is 0 Å². The van der Waals surface area contributed by atoms with Crippen LogP contribution in [0, 0.1) is 5.92 Å². The topological polar surface area (TPSA) is 21.3 Å². The maximum atomic E-state index is 6.52. The molecule has 1 spiro atoms. The highest BCUT2D eigenvalue weighted by molar-refractivity contribution is 4.97. The van der Waals surface area contributed by atoms with Crippen LogP contribution in [0.2, 0.25) is 0 Å². The first-order chi connectivity index (χ1) is 7.61. The summed E-state index contributed by atoms with van der Waals surface area (Å²) in [6, 6.07) is 0. The predicted octanol–water partition coefficient (Wildman–Crippen LogP) is 3.11. The molecule has 1 aliphatic carbocycles. The monoisotopic (exact) mass is 225 g/mol. The van der Waals surface area contributed by atoms with Crippen LogP contribution in [0.1, 0.15) is 59.3 Å². The summed E-state index contributed by atoms with van der Waals surface area (Å²) in [4.78, 5) is 0. The molecule has 3 unspecified atom stereocenters. The van der Waals surface area contributed by atoms with Crippen LogP contribution in [0.25, 0.3) is 0 Å². The predicted molar refractivity (Wildman–Crippen MR) is 67.6 cm³/mol. The summed E-state index contributed by atoms with van der Waals surface area (Å²) >= 11 is 0. The van der Waals surface area contributed by atoms with E-state index in [9.17, 15) is 0 Å². The third-order valence-corrected chi connectivity index (χ3v) is 4.64. The fourth-order valence-electron chi connectivity index (χ4n) is 3.39. The lowest BCUT2D eigenvalue weighted by Crippen LogP contribution is -2.60. The van der Waals surface area contributed by atoms with Gasteiger partial charge < -0.3 is 10.1 Å². The number of hydrogen-bond acceptors (Lipinski definition) is 2. The molecule has 1 aliphatic heterocycles. The minimum atomic E-state index is 0.0634. The van der Waals surface area contributed by atoms with Gasteiger partial charge in [-0.2, -0.15) is 0 Å². The summed E-state index contributed by atoms with van der Waals surface area (Å²) in [6.07, 6.45) is 7.70. The molecule has 0 bridgehead atoms. The van der Waals surface area contributed by atoms with E-state index in [-0.39, 0.29) is 11.2 Å². The Bertz CT molecular complexity index is 239. The zero-order chi connectivity index (χ0) is 11.6. The smallest absolute Gasteiger partial charge is 0.0817 e. The molecule has 1 heterocycles. The summed E-state index contributed by atoms with van der Waals surface area (Å²) < 4.78 is 6.52. The van der Waals surface area contributed by atoms with Crippen LogP contribution in [-0.2, 0) is 4.74 Å². The van der Waals surface area contributed by atoms with E-state index in [4.69, 9.17) is 4.74 Å². The second-order valence-electron chi connectivity index (χ2n) is 6.06. The Labute approximate surface area is 100 Å². The summed E-state index contributed by atoms with van der Waals surface area (Å²) in [5, 5.41) is 3.61. The molecular formula is C14H27NO. The Hall–Kier alpha value is -0.0800. The molecular weight excluding hydrogens is 198 g/mol. The van der Waals surface area contributed by atoms with Gasteiger partial charge in [0.05, 0.1) is 11.2 Å².